The molecule has 0 aliphatic carbocycles. The third-order valence-corrected chi connectivity index (χ3v) is 5.58. The first kappa shape index (κ1) is 25.6. The maximum Gasteiger partial charge on any atom is 0.197 e. The second-order valence-corrected chi connectivity index (χ2v) is 7.98. The van der Waals surface area contributed by atoms with Crippen molar-refractivity contribution in [3.63, 3.8) is 0 Å². The number of phenols is 2. The van der Waals surface area contributed by atoms with E-state index in [1.807, 2.05) is 60.7 Å². The monoisotopic (exact) mass is 540 g/mol. The number of hydrogen-bond donors (Lipinski definition) is 2. The molecule has 0 aliphatic heterocycles. The van der Waals surface area contributed by atoms with E-state index in [4.69, 9.17) is 8.83 Å². The topological polar surface area (TPSA) is 101 Å². The standard InChI is InChI=1S/2C15H10O3.Zn/c2*16-11-7-4-8-13-15(11)12(17)9-14(18-13)10-5-2-1-3-6-10;/h2*1-9,16H;. The molecular formula is C30H20O6Zn. The summed E-state index contributed by atoms with van der Waals surface area (Å²) in [6.45, 7) is 0. The van der Waals surface area contributed by atoms with Crippen LogP contribution in [0, 0.1) is 0 Å². The van der Waals surface area contributed by atoms with Gasteiger partial charge in [-0.25, -0.2) is 0 Å². The summed E-state index contributed by atoms with van der Waals surface area (Å²) in [6.07, 6.45) is 0. The van der Waals surface area contributed by atoms with Crippen molar-refractivity contribution in [2.24, 2.45) is 0 Å². The van der Waals surface area contributed by atoms with E-state index in [-0.39, 0.29) is 52.6 Å². The molecule has 37 heavy (non-hydrogen) atoms. The van der Waals surface area contributed by atoms with Gasteiger partial charge in [-0.05, 0) is 24.3 Å². The summed E-state index contributed by atoms with van der Waals surface area (Å²) in [4.78, 5) is 23.9. The quantitative estimate of drug-likeness (QED) is 0.248. The summed E-state index contributed by atoms with van der Waals surface area (Å²) in [7, 11) is 0. The van der Waals surface area contributed by atoms with E-state index < -0.39 is 0 Å². The number of benzene rings is 4. The van der Waals surface area contributed by atoms with Crippen LogP contribution in [0.3, 0.4) is 0 Å². The molecule has 2 heterocycles. The van der Waals surface area contributed by atoms with Crippen LogP contribution < -0.4 is 10.9 Å². The van der Waals surface area contributed by atoms with Crippen LogP contribution in [0.15, 0.2) is 128 Å². The molecule has 178 valence electrons. The van der Waals surface area contributed by atoms with Gasteiger partial charge in [0.2, 0.25) is 0 Å². The van der Waals surface area contributed by atoms with Crippen molar-refractivity contribution in [1.82, 2.24) is 0 Å². The molecular weight excluding hydrogens is 522 g/mol. The van der Waals surface area contributed by atoms with Gasteiger partial charge in [-0.1, -0.05) is 72.8 Å². The van der Waals surface area contributed by atoms with Crippen molar-refractivity contribution < 1.29 is 38.5 Å². The van der Waals surface area contributed by atoms with Gasteiger partial charge in [0.15, 0.2) is 10.9 Å². The van der Waals surface area contributed by atoms with Crippen molar-refractivity contribution in [2.45, 2.75) is 0 Å². The molecule has 2 aromatic heterocycles. The van der Waals surface area contributed by atoms with Crippen LogP contribution in [0.1, 0.15) is 0 Å². The van der Waals surface area contributed by atoms with Crippen LogP contribution in [-0.4, -0.2) is 10.2 Å². The van der Waals surface area contributed by atoms with Crippen molar-refractivity contribution in [1.29, 1.82) is 0 Å². The fourth-order valence-electron chi connectivity index (χ4n) is 3.87. The molecule has 4 aromatic carbocycles. The average Bonchev–Trinajstić information content (AvgIpc) is 2.90. The maximum atomic E-state index is 12.0. The van der Waals surface area contributed by atoms with E-state index in [1.54, 1.807) is 24.3 Å². The first-order valence-electron chi connectivity index (χ1n) is 11.1. The average molecular weight is 542 g/mol. The molecule has 0 bridgehead atoms. The Kier molecular flexibility index (Phi) is 7.66. The Hall–Kier alpha value is -4.48. The van der Waals surface area contributed by atoms with Crippen LogP contribution in [0.5, 0.6) is 11.5 Å². The zero-order chi connectivity index (χ0) is 25.1. The molecule has 0 saturated heterocycles. The van der Waals surface area contributed by atoms with Crippen molar-refractivity contribution in [3.05, 3.63) is 130 Å². The first-order chi connectivity index (χ1) is 17.5. The van der Waals surface area contributed by atoms with Gasteiger partial charge in [-0.3, -0.25) is 9.59 Å². The van der Waals surface area contributed by atoms with E-state index in [2.05, 4.69) is 0 Å². The van der Waals surface area contributed by atoms with Gasteiger partial charge in [-0.2, -0.15) is 0 Å². The van der Waals surface area contributed by atoms with Crippen LogP contribution in [0.25, 0.3) is 44.6 Å². The summed E-state index contributed by atoms with van der Waals surface area (Å²) in [5.41, 5.74) is 1.96. The molecule has 0 saturated carbocycles. The third-order valence-electron chi connectivity index (χ3n) is 5.58. The Morgan fingerprint density at radius 3 is 1.24 bits per heavy atom. The molecule has 2 N–H and O–H groups in total. The Morgan fingerprint density at radius 1 is 0.486 bits per heavy atom. The zero-order valence-corrected chi connectivity index (χ0v) is 22.6. The van der Waals surface area contributed by atoms with E-state index in [0.717, 1.165) is 11.1 Å². The van der Waals surface area contributed by atoms with Crippen molar-refractivity contribution in [3.8, 4) is 34.1 Å². The summed E-state index contributed by atoms with van der Waals surface area (Å²) in [5, 5.41) is 19.7. The minimum atomic E-state index is -0.242. The van der Waals surface area contributed by atoms with Crippen LogP contribution in [0.4, 0.5) is 0 Å². The first-order valence-corrected chi connectivity index (χ1v) is 11.1. The van der Waals surface area contributed by atoms with Crippen molar-refractivity contribution >= 4 is 21.9 Å². The van der Waals surface area contributed by atoms with Gasteiger partial charge in [0.1, 0.15) is 45.0 Å². The van der Waals surface area contributed by atoms with E-state index in [1.165, 1.54) is 24.3 Å². The second kappa shape index (κ2) is 11.1. The zero-order valence-electron chi connectivity index (χ0n) is 19.6. The smallest absolute Gasteiger partial charge is 0.197 e. The van der Waals surface area contributed by atoms with E-state index in [0.29, 0.717) is 22.7 Å². The van der Waals surface area contributed by atoms with Gasteiger partial charge in [0.25, 0.3) is 0 Å². The number of aromatic hydroxyl groups is 2. The van der Waals surface area contributed by atoms with Crippen LogP contribution in [-0.2, 0) is 19.5 Å². The third kappa shape index (κ3) is 5.37. The molecule has 0 spiro atoms. The van der Waals surface area contributed by atoms with Crippen LogP contribution in [0.2, 0.25) is 0 Å². The summed E-state index contributed by atoms with van der Waals surface area (Å²) in [5.74, 6) is 0.888. The molecule has 0 atom stereocenters. The molecule has 6 aromatic rings. The number of fused-ring (bicyclic) bond motifs is 2. The Balaban J connectivity index is 0.000000168. The van der Waals surface area contributed by atoms with Gasteiger partial charge in [0.05, 0.1) is 0 Å². The normalized spacial score (nSPS) is 10.4. The number of hydrogen-bond acceptors (Lipinski definition) is 6. The fourth-order valence-corrected chi connectivity index (χ4v) is 3.87. The second-order valence-electron chi connectivity index (χ2n) is 7.98. The fraction of sp³-hybridized carbons (Fsp3) is 0. The molecule has 0 aliphatic rings. The molecule has 6 nitrogen and oxygen atoms in total. The van der Waals surface area contributed by atoms with Gasteiger partial charge in [0, 0.05) is 42.7 Å². The molecule has 7 heteroatoms. The Labute approximate surface area is 223 Å². The summed E-state index contributed by atoms with van der Waals surface area (Å²) >= 11 is 0. The molecule has 0 unspecified atom stereocenters. The minimum absolute atomic E-state index is 0. The van der Waals surface area contributed by atoms with E-state index >= 15 is 0 Å². The van der Waals surface area contributed by atoms with Crippen molar-refractivity contribution in [2.75, 3.05) is 0 Å². The molecule has 6 rings (SSSR count). The maximum absolute atomic E-state index is 12.0. The van der Waals surface area contributed by atoms with Gasteiger partial charge >= 0.3 is 0 Å². The summed E-state index contributed by atoms with van der Waals surface area (Å²) < 4.78 is 11.3. The number of phenolic OH excluding ortho intramolecular Hbond substituents is 2. The molecule has 0 amide bonds. The predicted octanol–water partition coefficient (Wildman–Crippen LogP) is 6.33. The predicted molar refractivity (Wildman–Crippen MR) is 139 cm³/mol. The largest absolute Gasteiger partial charge is 0.507 e. The summed E-state index contributed by atoms with van der Waals surface area (Å²) in [6, 6.07) is 31.2. The van der Waals surface area contributed by atoms with Crippen LogP contribution >= 0.6 is 0 Å². The van der Waals surface area contributed by atoms with E-state index in [9.17, 15) is 19.8 Å². The minimum Gasteiger partial charge on any atom is -0.507 e. The molecule has 0 radical (unpaired) electrons. The molecule has 0 fully saturated rings. The number of rotatable bonds is 2. The Morgan fingerprint density at radius 2 is 0.865 bits per heavy atom. The van der Waals surface area contributed by atoms with Gasteiger partial charge < -0.3 is 19.0 Å². The Bertz CT molecular complexity index is 1660. The van der Waals surface area contributed by atoms with Gasteiger partial charge in [-0.15, -0.1) is 0 Å². The SMILES string of the molecule is O=c1cc(-c2ccccc2)oc2cccc(O)c12.O=c1cc(-c2ccccc2)oc2cccc(O)c12.[Zn].